The quantitative estimate of drug-likeness (QED) is 0.805. The third-order valence-electron chi connectivity index (χ3n) is 4.10. The third kappa shape index (κ3) is 4.60. The number of nitrogens with zero attached hydrogens (tertiary/aromatic N) is 2. The Morgan fingerprint density at radius 1 is 1.28 bits per heavy atom. The monoisotopic (exact) mass is 357 g/mol. The molecule has 0 bridgehead atoms. The van der Waals surface area contributed by atoms with Crippen LogP contribution < -0.4 is 5.32 Å². The van der Waals surface area contributed by atoms with Gasteiger partial charge < -0.3 is 10.1 Å². The maximum Gasteiger partial charge on any atom is 0.246 e. The maximum atomic E-state index is 13.1. The van der Waals surface area contributed by atoms with Gasteiger partial charge in [-0.2, -0.15) is 0 Å². The average molecular weight is 357 g/mol. The summed E-state index contributed by atoms with van der Waals surface area (Å²) in [5, 5.41) is 3.12. The second kappa shape index (κ2) is 8.99. The molecule has 1 unspecified atom stereocenters. The molecule has 1 aromatic heterocycles. The fourth-order valence-electron chi connectivity index (χ4n) is 2.95. The number of hydrogen-bond donors (Lipinski definition) is 1. The summed E-state index contributed by atoms with van der Waals surface area (Å²) in [5.41, 5.74) is 1.77. The SMILES string of the molecule is CCSc1ccccc1NC(=O)C(c1cccnc1)N1CCOCC1. The molecule has 2 aromatic rings. The highest BCUT2D eigenvalue weighted by atomic mass is 32.2. The van der Waals surface area contributed by atoms with E-state index in [9.17, 15) is 4.79 Å². The van der Waals surface area contributed by atoms with E-state index in [2.05, 4.69) is 22.1 Å². The Kier molecular flexibility index (Phi) is 6.44. The van der Waals surface area contributed by atoms with Crippen molar-refractivity contribution < 1.29 is 9.53 Å². The summed E-state index contributed by atoms with van der Waals surface area (Å²) in [7, 11) is 0. The van der Waals surface area contributed by atoms with Crippen molar-refractivity contribution in [2.24, 2.45) is 0 Å². The number of pyridine rings is 1. The first-order valence-corrected chi connectivity index (χ1v) is 9.52. The molecule has 3 rings (SSSR count). The largest absolute Gasteiger partial charge is 0.379 e. The smallest absolute Gasteiger partial charge is 0.246 e. The number of aromatic nitrogens is 1. The number of benzene rings is 1. The molecule has 1 aliphatic heterocycles. The van der Waals surface area contributed by atoms with Crippen molar-refractivity contribution in [3.05, 3.63) is 54.4 Å². The van der Waals surface area contributed by atoms with Gasteiger partial charge in [0.1, 0.15) is 6.04 Å². The summed E-state index contributed by atoms with van der Waals surface area (Å²) in [6.07, 6.45) is 3.50. The van der Waals surface area contributed by atoms with E-state index >= 15 is 0 Å². The predicted octanol–water partition coefficient (Wildman–Crippen LogP) is 3.21. The number of carbonyl (C=O) groups is 1. The zero-order chi connectivity index (χ0) is 17.5. The van der Waals surface area contributed by atoms with Crippen molar-refractivity contribution in [1.82, 2.24) is 9.88 Å². The molecule has 132 valence electrons. The lowest BCUT2D eigenvalue weighted by Crippen LogP contribution is -2.44. The third-order valence-corrected chi connectivity index (χ3v) is 5.06. The number of nitrogens with one attached hydrogen (secondary N) is 1. The molecule has 0 radical (unpaired) electrons. The lowest BCUT2D eigenvalue weighted by molar-refractivity contribution is -0.123. The summed E-state index contributed by atoms with van der Waals surface area (Å²) in [6.45, 7) is 4.87. The Hall–Kier alpha value is -1.89. The van der Waals surface area contributed by atoms with Gasteiger partial charge in [0.25, 0.3) is 0 Å². The number of ether oxygens (including phenoxy) is 1. The minimum absolute atomic E-state index is 0.0287. The van der Waals surface area contributed by atoms with E-state index in [0.717, 1.165) is 35.0 Å². The van der Waals surface area contributed by atoms with E-state index in [1.54, 1.807) is 24.2 Å². The summed E-state index contributed by atoms with van der Waals surface area (Å²) in [4.78, 5) is 20.6. The molecule has 0 saturated carbocycles. The van der Waals surface area contributed by atoms with Gasteiger partial charge in [0, 0.05) is 30.4 Å². The highest BCUT2D eigenvalue weighted by Gasteiger charge is 2.29. The van der Waals surface area contributed by atoms with Crippen LogP contribution in [0.25, 0.3) is 0 Å². The molecular formula is C19H23N3O2S. The molecule has 6 heteroatoms. The van der Waals surface area contributed by atoms with Crippen LogP contribution in [0.5, 0.6) is 0 Å². The lowest BCUT2D eigenvalue weighted by Gasteiger charge is -2.33. The van der Waals surface area contributed by atoms with E-state index in [-0.39, 0.29) is 11.9 Å². The van der Waals surface area contributed by atoms with Crippen LogP contribution in [0.2, 0.25) is 0 Å². The molecule has 1 saturated heterocycles. The number of para-hydroxylation sites is 1. The van der Waals surface area contributed by atoms with Crippen LogP contribution in [0.3, 0.4) is 0 Å². The van der Waals surface area contributed by atoms with Gasteiger partial charge in [-0.25, -0.2) is 0 Å². The second-order valence-electron chi connectivity index (χ2n) is 5.76. The van der Waals surface area contributed by atoms with Crippen LogP contribution in [0.4, 0.5) is 5.69 Å². The molecule has 5 nitrogen and oxygen atoms in total. The molecule has 25 heavy (non-hydrogen) atoms. The topological polar surface area (TPSA) is 54.5 Å². The van der Waals surface area contributed by atoms with Crippen LogP contribution in [0.15, 0.2) is 53.7 Å². The van der Waals surface area contributed by atoms with E-state index in [1.807, 2.05) is 36.4 Å². The molecule has 0 aliphatic carbocycles. The van der Waals surface area contributed by atoms with Crippen molar-refractivity contribution in [2.45, 2.75) is 17.9 Å². The highest BCUT2D eigenvalue weighted by Crippen LogP contribution is 2.29. The van der Waals surface area contributed by atoms with Crippen LogP contribution in [0, 0.1) is 0 Å². The standard InChI is InChI=1S/C19H23N3O2S/c1-2-25-17-8-4-3-7-16(17)21-19(23)18(15-6-5-9-20-14-15)22-10-12-24-13-11-22/h3-9,14,18H,2,10-13H2,1H3,(H,21,23). The molecule has 1 fully saturated rings. The van der Waals surface area contributed by atoms with Gasteiger partial charge in [0.15, 0.2) is 0 Å². The second-order valence-corrected chi connectivity index (χ2v) is 7.06. The van der Waals surface area contributed by atoms with E-state index in [0.29, 0.717) is 13.2 Å². The van der Waals surface area contributed by atoms with Crippen molar-refractivity contribution in [3.8, 4) is 0 Å². The maximum absolute atomic E-state index is 13.1. The summed E-state index contributed by atoms with van der Waals surface area (Å²) in [6, 6.07) is 11.4. The number of carbonyl (C=O) groups excluding carboxylic acids is 1. The molecule has 1 N–H and O–H groups in total. The molecule has 2 heterocycles. The minimum Gasteiger partial charge on any atom is -0.379 e. The van der Waals surface area contributed by atoms with Gasteiger partial charge >= 0.3 is 0 Å². The minimum atomic E-state index is -0.364. The fourth-order valence-corrected chi connectivity index (χ4v) is 3.71. The predicted molar refractivity (Wildman–Crippen MR) is 101 cm³/mol. The first-order valence-electron chi connectivity index (χ1n) is 8.54. The Morgan fingerprint density at radius 2 is 2.08 bits per heavy atom. The van der Waals surface area contributed by atoms with E-state index in [4.69, 9.17) is 4.74 Å². The summed E-state index contributed by atoms with van der Waals surface area (Å²) >= 11 is 1.73. The van der Waals surface area contributed by atoms with Crippen LogP contribution in [-0.4, -0.2) is 47.8 Å². The molecule has 1 aliphatic rings. The van der Waals surface area contributed by atoms with Crippen LogP contribution >= 0.6 is 11.8 Å². The first-order chi connectivity index (χ1) is 12.3. The first kappa shape index (κ1) is 17.9. The van der Waals surface area contributed by atoms with Crippen molar-refractivity contribution in [2.75, 3.05) is 37.4 Å². The average Bonchev–Trinajstić information content (AvgIpc) is 2.65. The van der Waals surface area contributed by atoms with Gasteiger partial charge in [-0.15, -0.1) is 11.8 Å². The summed E-state index contributed by atoms with van der Waals surface area (Å²) < 4.78 is 5.44. The highest BCUT2D eigenvalue weighted by molar-refractivity contribution is 7.99. The molecular weight excluding hydrogens is 334 g/mol. The van der Waals surface area contributed by atoms with Gasteiger partial charge in [-0.05, 0) is 29.5 Å². The van der Waals surface area contributed by atoms with Crippen molar-refractivity contribution >= 4 is 23.4 Å². The summed E-state index contributed by atoms with van der Waals surface area (Å²) in [5.74, 6) is 0.932. The van der Waals surface area contributed by atoms with Gasteiger partial charge in [-0.3, -0.25) is 14.7 Å². The number of anilines is 1. The van der Waals surface area contributed by atoms with Crippen LogP contribution in [0.1, 0.15) is 18.5 Å². The zero-order valence-corrected chi connectivity index (χ0v) is 15.2. The number of amides is 1. The molecule has 0 spiro atoms. The van der Waals surface area contributed by atoms with Gasteiger partial charge in [0.05, 0.1) is 18.9 Å². The number of rotatable bonds is 6. The zero-order valence-electron chi connectivity index (χ0n) is 14.4. The number of thioether (sulfide) groups is 1. The Morgan fingerprint density at radius 3 is 2.80 bits per heavy atom. The van der Waals surface area contributed by atoms with Crippen molar-refractivity contribution in [1.29, 1.82) is 0 Å². The van der Waals surface area contributed by atoms with E-state index < -0.39 is 0 Å². The Labute approximate surface area is 152 Å². The van der Waals surface area contributed by atoms with Gasteiger partial charge in [-0.1, -0.05) is 25.1 Å². The Balaban J connectivity index is 1.84. The lowest BCUT2D eigenvalue weighted by atomic mass is 10.1. The number of hydrogen-bond acceptors (Lipinski definition) is 5. The van der Waals surface area contributed by atoms with Gasteiger partial charge in [0.2, 0.25) is 5.91 Å². The van der Waals surface area contributed by atoms with Crippen LogP contribution in [-0.2, 0) is 9.53 Å². The fraction of sp³-hybridized carbons (Fsp3) is 0.368. The molecule has 1 aromatic carbocycles. The van der Waals surface area contributed by atoms with E-state index in [1.165, 1.54) is 0 Å². The number of morpholine rings is 1. The molecule has 1 atom stereocenters. The molecule has 1 amide bonds. The normalized spacial score (nSPS) is 16.4. The Bertz CT molecular complexity index is 690. The van der Waals surface area contributed by atoms with Crippen molar-refractivity contribution in [3.63, 3.8) is 0 Å².